The first-order chi connectivity index (χ1) is 12.5. The number of carbonyl (C=O) groups excluding carboxylic acids is 1. The van der Waals surface area contributed by atoms with Gasteiger partial charge in [0.1, 0.15) is 5.69 Å². The van der Waals surface area contributed by atoms with Gasteiger partial charge in [-0.1, -0.05) is 30.3 Å². The van der Waals surface area contributed by atoms with Crippen LogP contribution in [-0.2, 0) is 6.54 Å². The Morgan fingerprint density at radius 1 is 1.19 bits per heavy atom. The van der Waals surface area contributed by atoms with E-state index in [2.05, 4.69) is 15.4 Å². The number of nitrogens with one attached hydrogen (secondary N) is 1. The number of amides is 1. The summed E-state index contributed by atoms with van der Waals surface area (Å²) in [5.41, 5.74) is 2.07. The molecular formula is C19H20N4O2S. The lowest BCUT2D eigenvalue weighted by Gasteiger charge is -2.05. The highest BCUT2D eigenvalue weighted by molar-refractivity contribution is 7.17. The zero-order valence-electron chi connectivity index (χ0n) is 14.9. The number of benzene rings is 1. The largest absolute Gasteiger partial charge is 0.348 e. The van der Waals surface area contributed by atoms with Crippen molar-refractivity contribution in [1.29, 1.82) is 0 Å². The van der Waals surface area contributed by atoms with Gasteiger partial charge in [-0.15, -0.1) is 11.3 Å². The summed E-state index contributed by atoms with van der Waals surface area (Å²) >= 11 is 1.28. The number of rotatable bonds is 5. The van der Waals surface area contributed by atoms with Crippen LogP contribution >= 0.6 is 11.3 Å². The Bertz CT molecular complexity index is 977. The molecule has 0 spiro atoms. The van der Waals surface area contributed by atoms with Crippen molar-refractivity contribution in [2.24, 2.45) is 0 Å². The fourth-order valence-corrected chi connectivity index (χ4v) is 3.46. The van der Waals surface area contributed by atoms with Crippen LogP contribution in [-0.4, -0.2) is 26.7 Å². The molecule has 0 atom stereocenters. The van der Waals surface area contributed by atoms with Crippen molar-refractivity contribution in [3.63, 3.8) is 0 Å². The molecule has 0 bridgehead atoms. The Balaban J connectivity index is 2.15. The molecule has 26 heavy (non-hydrogen) atoms. The molecule has 134 valence electrons. The van der Waals surface area contributed by atoms with Gasteiger partial charge < -0.3 is 5.32 Å². The van der Waals surface area contributed by atoms with E-state index in [0.29, 0.717) is 22.9 Å². The second-order valence-corrected chi connectivity index (χ2v) is 7.06. The lowest BCUT2D eigenvalue weighted by Crippen LogP contribution is -2.29. The van der Waals surface area contributed by atoms with Crippen LogP contribution in [0, 0.1) is 0 Å². The first-order valence-electron chi connectivity index (χ1n) is 8.45. The van der Waals surface area contributed by atoms with E-state index in [1.807, 2.05) is 51.1 Å². The molecule has 0 unspecified atom stereocenters. The van der Waals surface area contributed by atoms with Crippen molar-refractivity contribution in [3.8, 4) is 21.8 Å². The van der Waals surface area contributed by atoms with Crippen molar-refractivity contribution in [2.45, 2.75) is 33.4 Å². The lowest BCUT2D eigenvalue weighted by atomic mass is 10.1. The van der Waals surface area contributed by atoms with E-state index in [0.717, 1.165) is 10.4 Å². The Morgan fingerprint density at radius 2 is 1.92 bits per heavy atom. The molecule has 1 N–H and O–H groups in total. The zero-order chi connectivity index (χ0) is 18.7. The minimum atomic E-state index is -0.211. The summed E-state index contributed by atoms with van der Waals surface area (Å²) < 4.78 is 1.40. The van der Waals surface area contributed by atoms with Gasteiger partial charge in [0.2, 0.25) is 0 Å². The molecule has 3 aromatic rings. The highest BCUT2D eigenvalue weighted by Crippen LogP contribution is 2.35. The fraction of sp³-hybridized carbons (Fsp3) is 0.263. The quantitative estimate of drug-likeness (QED) is 0.750. The number of nitrogens with zero attached hydrogens (tertiary/aromatic N) is 3. The molecule has 0 saturated heterocycles. The van der Waals surface area contributed by atoms with Crippen LogP contribution in [0.2, 0.25) is 0 Å². The normalized spacial score (nSPS) is 10.9. The molecule has 0 radical (unpaired) electrons. The van der Waals surface area contributed by atoms with Crippen LogP contribution in [0.4, 0.5) is 0 Å². The zero-order valence-corrected chi connectivity index (χ0v) is 15.7. The number of hydrogen-bond donors (Lipinski definition) is 1. The van der Waals surface area contributed by atoms with Gasteiger partial charge in [-0.25, -0.2) is 9.67 Å². The van der Waals surface area contributed by atoms with Crippen LogP contribution in [0.25, 0.3) is 21.8 Å². The number of carbonyl (C=O) groups is 1. The van der Waals surface area contributed by atoms with Gasteiger partial charge in [0, 0.05) is 24.2 Å². The highest BCUT2D eigenvalue weighted by Gasteiger charge is 2.20. The van der Waals surface area contributed by atoms with Crippen molar-refractivity contribution < 1.29 is 4.79 Å². The summed E-state index contributed by atoms with van der Waals surface area (Å²) in [5.74, 6) is -0.211. The SMILES string of the molecule is CCn1nc(-c2sc(C(=O)NC(C)C)nc2-c2ccccc2)ccc1=O. The Hall–Kier alpha value is -2.80. The van der Waals surface area contributed by atoms with Crippen molar-refractivity contribution in [1.82, 2.24) is 20.1 Å². The van der Waals surface area contributed by atoms with Crippen LogP contribution in [0.3, 0.4) is 0 Å². The molecule has 1 amide bonds. The number of hydrogen-bond acceptors (Lipinski definition) is 5. The van der Waals surface area contributed by atoms with Gasteiger partial charge in [-0.2, -0.15) is 5.10 Å². The third-order valence-electron chi connectivity index (χ3n) is 3.69. The first kappa shape index (κ1) is 18.0. The van der Waals surface area contributed by atoms with Crippen molar-refractivity contribution in [3.05, 3.63) is 57.8 Å². The van der Waals surface area contributed by atoms with E-state index in [9.17, 15) is 9.59 Å². The molecule has 0 aliphatic heterocycles. The van der Waals surface area contributed by atoms with E-state index in [1.165, 1.54) is 22.1 Å². The average Bonchev–Trinajstić information content (AvgIpc) is 3.08. The minimum absolute atomic E-state index is 0.0233. The van der Waals surface area contributed by atoms with Crippen LogP contribution in [0.1, 0.15) is 30.6 Å². The highest BCUT2D eigenvalue weighted by atomic mass is 32.1. The number of thiazole rings is 1. The fourth-order valence-electron chi connectivity index (χ4n) is 2.50. The Labute approximate surface area is 155 Å². The molecular weight excluding hydrogens is 348 g/mol. The van der Waals surface area contributed by atoms with Crippen molar-refractivity contribution >= 4 is 17.2 Å². The van der Waals surface area contributed by atoms with Crippen LogP contribution in [0.15, 0.2) is 47.3 Å². The van der Waals surface area contributed by atoms with E-state index >= 15 is 0 Å². The summed E-state index contributed by atoms with van der Waals surface area (Å²) in [6.45, 7) is 6.16. The molecule has 7 heteroatoms. The average molecular weight is 368 g/mol. The summed E-state index contributed by atoms with van der Waals surface area (Å²) in [4.78, 5) is 29.6. The standard InChI is InChI=1S/C19H20N4O2S/c1-4-23-15(24)11-10-14(22-23)17-16(13-8-6-5-7-9-13)21-19(26-17)18(25)20-12(2)3/h5-12H,4H2,1-3H3,(H,20,25). The van der Waals surface area contributed by atoms with E-state index < -0.39 is 0 Å². The molecule has 2 aromatic heterocycles. The maximum Gasteiger partial charge on any atom is 0.280 e. The van der Waals surface area contributed by atoms with Crippen LogP contribution in [0.5, 0.6) is 0 Å². The molecule has 0 fully saturated rings. The molecule has 0 aliphatic carbocycles. The Kier molecular flexibility index (Phi) is 5.27. The second-order valence-electron chi connectivity index (χ2n) is 6.06. The molecule has 3 rings (SSSR count). The third-order valence-corrected chi connectivity index (χ3v) is 4.76. The summed E-state index contributed by atoms with van der Waals surface area (Å²) in [5, 5.41) is 7.67. The minimum Gasteiger partial charge on any atom is -0.348 e. The second kappa shape index (κ2) is 7.61. The summed E-state index contributed by atoms with van der Waals surface area (Å²) in [6, 6.07) is 12.9. The lowest BCUT2D eigenvalue weighted by molar-refractivity contribution is 0.0943. The molecule has 6 nitrogen and oxygen atoms in total. The Morgan fingerprint density at radius 3 is 2.58 bits per heavy atom. The van der Waals surface area contributed by atoms with Gasteiger partial charge in [0.25, 0.3) is 11.5 Å². The first-order valence-corrected chi connectivity index (χ1v) is 9.27. The van der Waals surface area contributed by atoms with Crippen LogP contribution < -0.4 is 10.9 Å². The van der Waals surface area contributed by atoms with Gasteiger partial charge in [0.15, 0.2) is 5.01 Å². The molecule has 0 saturated carbocycles. The maximum absolute atomic E-state index is 12.4. The molecule has 0 aliphatic rings. The number of aryl methyl sites for hydroxylation is 1. The smallest absolute Gasteiger partial charge is 0.280 e. The third kappa shape index (κ3) is 3.72. The van der Waals surface area contributed by atoms with E-state index in [1.54, 1.807) is 6.07 Å². The van der Waals surface area contributed by atoms with Crippen molar-refractivity contribution in [2.75, 3.05) is 0 Å². The maximum atomic E-state index is 12.4. The molecule has 2 heterocycles. The topological polar surface area (TPSA) is 76.9 Å². The van der Waals surface area contributed by atoms with Gasteiger partial charge in [-0.05, 0) is 26.8 Å². The van der Waals surface area contributed by atoms with Gasteiger partial charge in [-0.3, -0.25) is 9.59 Å². The number of aromatic nitrogens is 3. The summed E-state index contributed by atoms with van der Waals surface area (Å²) in [7, 11) is 0. The van der Waals surface area contributed by atoms with Gasteiger partial charge >= 0.3 is 0 Å². The van der Waals surface area contributed by atoms with Gasteiger partial charge in [0.05, 0.1) is 10.6 Å². The predicted octanol–water partition coefficient (Wildman–Crippen LogP) is 3.19. The summed E-state index contributed by atoms with van der Waals surface area (Å²) in [6.07, 6.45) is 0. The predicted molar refractivity (Wildman–Crippen MR) is 103 cm³/mol. The van der Waals surface area contributed by atoms with E-state index in [4.69, 9.17) is 0 Å². The van der Waals surface area contributed by atoms with E-state index in [-0.39, 0.29) is 17.5 Å². The monoisotopic (exact) mass is 368 g/mol. The molecule has 1 aromatic carbocycles.